The Balaban J connectivity index is 1.73. The third-order valence-electron chi connectivity index (χ3n) is 3.29. The van der Waals surface area contributed by atoms with Crippen molar-refractivity contribution < 1.29 is 9.53 Å². The first kappa shape index (κ1) is 16.5. The van der Waals surface area contributed by atoms with Gasteiger partial charge in [0, 0.05) is 17.7 Å². The lowest BCUT2D eigenvalue weighted by Gasteiger charge is -2.08. The van der Waals surface area contributed by atoms with E-state index in [1.54, 1.807) is 6.92 Å². The minimum Gasteiger partial charge on any atom is -0.492 e. The molecule has 7 nitrogen and oxygen atoms in total. The first-order chi connectivity index (χ1) is 11.1. The molecule has 0 aliphatic heterocycles. The number of H-pyrrole nitrogens is 2. The van der Waals surface area contributed by atoms with Crippen LogP contribution in [-0.2, 0) is 11.2 Å². The van der Waals surface area contributed by atoms with Gasteiger partial charge >= 0.3 is 5.69 Å². The van der Waals surface area contributed by atoms with Crippen molar-refractivity contribution in [1.29, 1.82) is 0 Å². The second kappa shape index (κ2) is 7.98. The number of carbonyl (C=O) groups is 1. The molecule has 3 N–H and O–H groups in total. The van der Waals surface area contributed by atoms with Gasteiger partial charge in [-0.3, -0.25) is 14.6 Å². The van der Waals surface area contributed by atoms with E-state index < -0.39 is 11.2 Å². The molecule has 1 heterocycles. The summed E-state index contributed by atoms with van der Waals surface area (Å²) in [4.78, 5) is 39.2. The van der Waals surface area contributed by atoms with Crippen molar-refractivity contribution in [3.8, 4) is 5.75 Å². The van der Waals surface area contributed by atoms with Crippen molar-refractivity contribution in [2.45, 2.75) is 19.8 Å². The first-order valence-corrected chi connectivity index (χ1v) is 7.33. The van der Waals surface area contributed by atoms with Crippen LogP contribution in [0.4, 0.5) is 0 Å². The number of hydrogen-bond donors (Lipinski definition) is 3. The molecule has 0 aliphatic rings. The summed E-state index contributed by atoms with van der Waals surface area (Å²) in [5.41, 5.74) is -0.0931. The number of benzene rings is 1. The number of hydrogen-bond acceptors (Lipinski definition) is 4. The third kappa shape index (κ3) is 5.14. The van der Waals surface area contributed by atoms with Crippen molar-refractivity contribution in [3.05, 3.63) is 62.4 Å². The van der Waals surface area contributed by atoms with Gasteiger partial charge in [-0.05, 0) is 25.5 Å². The largest absolute Gasteiger partial charge is 0.492 e. The van der Waals surface area contributed by atoms with E-state index in [2.05, 4.69) is 15.3 Å². The van der Waals surface area contributed by atoms with E-state index in [1.807, 2.05) is 30.3 Å². The fourth-order valence-electron chi connectivity index (χ4n) is 2.13. The molecular weight excluding hydrogens is 298 g/mol. The minimum atomic E-state index is -0.543. The summed E-state index contributed by atoms with van der Waals surface area (Å²) in [7, 11) is 0. The van der Waals surface area contributed by atoms with E-state index in [4.69, 9.17) is 4.74 Å². The number of nitrogens with one attached hydrogen (secondary N) is 3. The summed E-state index contributed by atoms with van der Waals surface area (Å²) in [5.74, 6) is 0.573. The maximum absolute atomic E-state index is 11.8. The molecule has 0 saturated carbocycles. The highest BCUT2D eigenvalue weighted by Crippen LogP contribution is 2.07. The van der Waals surface area contributed by atoms with Crippen molar-refractivity contribution in [1.82, 2.24) is 15.3 Å². The van der Waals surface area contributed by atoms with E-state index in [0.717, 1.165) is 5.75 Å². The van der Waals surface area contributed by atoms with Crippen LogP contribution in [0, 0.1) is 6.92 Å². The van der Waals surface area contributed by atoms with Gasteiger partial charge in [-0.1, -0.05) is 18.2 Å². The highest BCUT2D eigenvalue weighted by molar-refractivity contribution is 5.76. The van der Waals surface area contributed by atoms with Gasteiger partial charge in [0.05, 0.1) is 6.54 Å². The van der Waals surface area contributed by atoms with Crippen LogP contribution in [-0.4, -0.2) is 29.0 Å². The quantitative estimate of drug-likeness (QED) is 0.647. The van der Waals surface area contributed by atoms with Crippen LogP contribution in [0.15, 0.2) is 39.9 Å². The molecule has 2 aromatic rings. The van der Waals surface area contributed by atoms with E-state index in [1.165, 1.54) is 0 Å². The standard InChI is InChI=1S/C16H19N3O4/c1-11-13(15(21)19-16(22)18-11)7-8-14(20)17-9-10-23-12-5-3-2-4-6-12/h2-6H,7-10H2,1H3,(H,17,20)(H2,18,19,21,22). The predicted molar refractivity (Wildman–Crippen MR) is 85.7 cm³/mol. The average Bonchev–Trinajstić information content (AvgIpc) is 2.51. The van der Waals surface area contributed by atoms with Crippen LogP contribution in [0.25, 0.3) is 0 Å². The Hall–Kier alpha value is -2.83. The Morgan fingerprint density at radius 2 is 1.91 bits per heavy atom. The van der Waals surface area contributed by atoms with Crippen LogP contribution in [0.1, 0.15) is 17.7 Å². The lowest BCUT2D eigenvalue weighted by atomic mass is 10.1. The second-order valence-electron chi connectivity index (χ2n) is 5.02. The normalized spacial score (nSPS) is 10.3. The zero-order valence-corrected chi connectivity index (χ0v) is 12.8. The number of carbonyl (C=O) groups excluding carboxylic acids is 1. The van der Waals surface area contributed by atoms with Gasteiger partial charge in [-0.2, -0.15) is 0 Å². The van der Waals surface area contributed by atoms with Gasteiger partial charge in [0.2, 0.25) is 5.91 Å². The third-order valence-corrected chi connectivity index (χ3v) is 3.29. The molecule has 0 atom stereocenters. The smallest absolute Gasteiger partial charge is 0.325 e. The molecule has 1 aromatic heterocycles. The first-order valence-electron chi connectivity index (χ1n) is 7.33. The molecule has 1 aromatic carbocycles. The van der Waals surface area contributed by atoms with E-state index in [0.29, 0.717) is 24.4 Å². The zero-order chi connectivity index (χ0) is 16.7. The summed E-state index contributed by atoms with van der Waals surface area (Å²) in [5, 5.41) is 2.73. The van der Waals surface area contributed by atoms with Gasteiger partial charge < -0.3 is 15.0 Å². The van der Waals surface area contributed by atoms with Gasteiger partial charge in [0.25, 0.3) is 5.56 Å². The topological polar surface area (TPSA) is 104 Å². The molecule has 0 fully saturated rings. The number of rotatable bonds is 7. The van der Waals surface area contributed by atoms with E-state index in [9.17, 15) is 14.4 Å². The molecule has 0 bridgehead atoms. The number of para-hydroxylation sites is 1. The SMILES string of the molecule is Cc1[nH]c(=O)[nH]c(=O)c1CCC(=O)NCCOc1ccccc1. The van der Waals surface area contributed by atoms with Crippen molar-refractivity contribution in [2.24, 2.45) is 0 Å². The Morgan fingerprint density at radius 3 is 2.61 bits per heavy atom. The maximum atomic E-state index is 11.8. The van der Waals surface area contributed by atoms with Crippen molar-refractivity contribution >= 4 is 5.91 Å². The summed E-state index contributed by atoms with van der Waals surface area (Å²) >= 11 is 0. The molecule has 0 aliphatic carbocycles. The van der Waals surface area contributed by atoms with Crippen LogP contribution in [0.2, 0.25) is 0 Å². The molecule has 0 saturated heterocycles. The molecule has 0 radical (unpaired) electrons. The van der Waals surface area contributed by atoms with Crippen molar-refractivity contribution in [2.75, 3.05) is 13.2 Å². The Kier molecular flexibility index (Phi) is 5.74. The Labute approximate surface area is 132 Å². The number of ether oxygens (including phenoxy) is 1. The van der Waals surface area contributed by atoms with Crippen LogP contribution < -0.4 is 21.3 Å². The summed E-state index contributed by atoms with van der Waals surface area (Å²) < 4.78 is 5.46. The highest BCUT2D eigenvalue weighted by atomic mass is 16.5. The maximum Gasteiger partial charge on any atom is 0.325 e. The van der Waals surface area contributed by atoms with E-state index >= 15 is 0 Å². The van der Waals surface area contributed by atoms with Gasteiger partial charge in [-0.25, -0.2) is 4.79 Å². The molecule has 1 amide bonds. The predicted octanol–water partition coefficient (Wildman–Crippen LogP) is 0.499. The summed E-state index contributed by atoms with van der Waals surface area (Å²) in [6, 6.07) is 9.32. The molecular formula is C16H19N3O4. The number of aromatic nitrogens is 2. The Morgan fingerprint density at radius 1 is 1.17 bits per heavy atom. The number of aryl methyl sites for hydroxylation is 1. The van der Waals surface area contributed by atoms with Gasteiger partial charge in [0.1, 0.15) is 12.4 Å². The average molecular weight is 317 g/mol. The van der Waals surface area contributed by atoms with Crippen molar-refractivity contribution in [3.63, 3.8) is 0 Å². The van der Waals surface area contributed by atoms with E-state index in [-0.39, 0.29) is 18.7 Å². The summed E-state index contributed by atoms with van der Waals surface area (Å²) in [6.07, 6.45) is 0.435. The lowest BCUT2D eigenvalue weighted by molar-refractivity contribution is -0.121. The van der Waals surface area contributed by atoms with Crippen LogP contribution >= 0.6 is 0 Å². The summed E-state index contributed by atoms with van der Waals surface area (Å²) in [6.45, 7) is 2.39. The number of amides is 1. The fourth-order valence-corrected chi connectivity index (χ4v) is 2.13. The minimum absolute atomic E-state index is 0.168. The Bertz CT molecular complexity index is 765. The van der Waals surface area contributed by atoms with Gasteiger partial charge in [0.15, 0.2) is 0 Å². The molecule has 2 rings (SSSR count). The second-order valence-corrected chi connectivity index (χ2v) is 5.02. The van der Waals surface area contributed by atoms with Crippen LogP contribution in [0.3, 0.4) is 0 Å². The molecule has 23 heavy (non-hydrogen) atoms. The number of aromatic amines is 2. The molecule has 0 unspecified atom stereocenters. The van der Waals surface area contributed by atoms with Crippen LogP contribution in [0.5, 0.6) is 5.75 Å². The molecule has 122 valence electrons. The molecule has 7 heteroatoms. The fraction of sp³-hybridized carbons (Fsp3) is 0.312. The monoisotopic (exact) mass is 317 g/mol. The highest BCUT2D eigenvalue weighted by Gasteiger charge is 2.08. The zero-order valence-electron chi connectivity index (χ0n) is 12.8. The van der Waals surface area contributed by atoms with Gasteiger partial charge in [-0.15, -0.1) is 0 Å². The molecule has 0 spiro atoms. The lowest BCUT2D eigenvalue weighted by Crippen LogP contribution is -2.30.